The summed E-state index contributed by atoms with van der Waals surface area (Å²) in [5, 5.41) is 2.87. The summed E-state index contributed by atoms with van der Waals surface area (Å²) in [4.78, 5) is 25.1. The van der Waals surface area contributed by atoms with Gasteiger partial charge >= 0.3 is 0 Å². The lowest BCUT2D eigenvalue weighted by molar-refractivity contribution is -0.121. The van der Waals surface area contributed by atoms with Gasteiger partial charge in [-0.3, -0.25) is 9.59 Å². The number of carbonyl (C=O) groups excluding carboxylic acids is 2. The minimum Gasteiger partial charge on any atom is -0.354 e. The average molecular weight is 290 g/mol. The predicted molar refractivity (Wildman–Crippen MR) is 86.5 cm³/mol. The molecule has 1 aromatic carbocycles. The summed E-state index contributed by atoms with van der Waals surface area (Å²) >= 11 is 0. The van der Waals surface area contributed by atoms with Crippen LogP contribution >= 0.6 is 0 Å². The van der Waals surface area contributed by atoms with Crippen molar-refractivity contribution in [3.8, 4) is 0 Å². The molecule has 116 valence electrons. The van der Waals surface area contributed by atoms with E-state index in [9.17, 15) is 9.59 Å². The number of aryl methyl sites for hydroxylation is 2. The third-order valence-electron chi connectivity index (χ3n) is 3.31. The van der Waals surface area contributed by atoms with Gasteiger partial charge in [-0.2, -0.15) is 0 Å². The van der Waals surface area contributed by atoms with Gasteiger partial charge in [0.05, 0.1) is 0 Å². The van der Waals surface area contributed by atoms with E-state index in [0.29, 0.717) is 19.5 Å². The zero-order chi connectivity index (χ0) is 15.8. The molecule has 0 unspecified atom stereocenters. The topological polar surface area (TPSA) is 49.4 Å². The SMILES string of the molecule is CCCCC(=O)NCCN(C(C)=O)c1cc(C)cc(C)c1. The Kier molecular flexibility index (Phi) is 6.92. The second kappa shape index (κ2) is 8.45. The van der Waals surface area contributed by atoms with Crippen LogP contribution in [0.5, 0.6) is 0 Å². The summed E-state index contributed by atoms with van der Waals surface area (Å²) in [6.07, 6.45) is 2.47. The molecule has 1 rings (SSSR count). The van der Waals surface area contributed by atoms with Gasteiger partial charge in [0.1, 0.15) is 0 Å². The molecule has 1 N–H and O–H groups in total. The first-order valence-electron chi connectivity index (χ1n) is 7.57. The van der Waals surface area contributed by atoms with Crippen LogP contribution in [0.15, 0.2) is 18.2 Å². The highest BCUT2D eigenvalue weighted by Gasteiger charge is 2.12. The van der Waals surface area contributed by atoms with Crippen LogP contribution in [0.25, 0.3) is 0 Å². The molecule has 0 saturated heterocycles. The lowest BCUT2D eigenvalue weighted by Crippen LogP contribution is -2.37. The van der Waals surface area contributed by atoms with Gasteiger partial charge in [0, 0.05) is 32.1 Å². The highest BCUT2D eigenvalue weighted by molar-refractivity contribution is 5.91. The van der Waals surface area contributed by atoms with Crippen molar-refractivity contribution in [1.29, 1.82) is 0 Å². The maximum absolute atomic E-state index is 11.8. The van der Waals surface area contributed by atoms with Crippen molar-refractivity contribution in [3.05, 3.63) is 29.3 Å². The van der Waals surface area contributed by atoms with E-state index in [2.05, 4.69) is 18.3 Å². The van der Waals surface area contributed by atoms with Crippen molar-refractivity contribution in [3.63, 3.8) is 0 Å². The molecule has 21 heavy (non-hydrogen) atoms. The van der Waals surface area contributed by atoms with Crippen molar-refractivity contribution in [2.24, 2.45) is 0 Å². The van der Waals surface area contributed by atoms with Gasteiger partial charge in [0.2, 0.25) is 11.8 Å². The molecule has 0 fully saturated rings. The fourth-order valence-electron chi connectivity index (χ4n) is 2.31. The number of rotatable bonds is 7. The van der Waals surface area contributed by atoms with E-state index in [0.717, 1.165) is 29.7 Å². The molecular weight excluding hydrogens is 264 g/mol. The number of amides is 2. The molecule has 0 aliphatic carbocycles. The van der Waals surface area contributed by atoms with Gasteiger partial charge in [-0.1, -0.05) is 19.4 Å². The standard InChI is InChI=1S/C17H26N2O2/c1-5-6-7-17(21)18-8-9-19(15(4)20)16-11-13(2)10-14(3)12-16/h10-12H,5-9H2,1-4H3,(H,18,21). The average Bonchev–Trinajstić information content (AvgIpc) is 2.39. The smallest absolute Gasteiger partial charge is 0.223 e. The van der Waals surface area contributed by atoms with E-state index >= 15 is 0 Å². The quantitative estimate of drug-likeness (QED) is 0.839. The second-order valence-corrected chi connectivity index (χ2v) is 5.47. The largest absolute Gasteiger partial charge is 0.354 e. The summed E-state index contributed by atoms with van der Waals surface area (Å²) in [5.74, 6) is 0.0450. The Morgan fingerprint density at radius 1 is 1.14 bits per heavy atom. The Bertz CT molecular complexity index is 477. The first-order valence-corrected chi connectivity index (χ1v) is 7.57. The van der Waals surface area contributed by atoms with Gasteiger partial charge in [0.25, 0.3) is 0 Å². The molecule has 4 heteroatoms. The summed E-state index contributed by atoms with van der Waals surface area (Å²) in [7, 11) is 0. The Hall–Kier alpha value is -1.84. The van der Waals surface area contributed by atoms with Crippen LogP contribution in [-0.4, -0.2) is 24.9 Å². The molecule has 4 nitrogen and oxygen atoms in total. The maximum atomic E-state index is 11.8. The normalized spacial score (nSPS) is 10.3. The molecular formula is C17H26N2O2. The third-order valence-corrected chi connectivity index (χ3v) is 3.31. The zero-order valence-electron chi connectivity index (χ0n) is 13.5. The summed E-state index contributed by atoms with van der Waals surface area (Å²) in [6, 6.07) is 6.06. The van der Waals surface area contributed by atoms with E-state index in [-0.39, 0.29) is 11.8 Å². The van der Waals surface area contributed by atoms with E-state index in [1.165, 1.54) is 0 Å². The number of hydrogen-bond donors (Lipinski definition) is 1. The monoisotopic (exact) mass is 290 g/mol. The molecule has 0 radical (unpaired) electrons. The Labute approximate surface area is 127 Å². The molecule has 2 amide bonds. The first-order chi connectivity index (χ1) is 9.93. The molecule has 0 aliphatic rings. The van der Waals surface area contributed by atoms with Gasteiger partial charge in [-0.15, -0.1) is 0 Å². The second-order valence-electron chi connectivity index (χ2n) is 5.47. The maximum Gasteiger partial charge on any atom is 0.223 e. The number of unbranched alkanes of at least 4 members (excludes halogenated alkanes) is 1. The van der Waals surface area contributed by atoms with Crippen molar-refractivity contribution in [1.82, 2.24) is 5.32 Å². The molecule has 0 spiro atoms. The molecule has 0 aromatic heterocycles. The van der Waals surface area contributed by atoms with E-state index in [1.54, 1.807) is 11.8 Å². The van der Waals surface area contributed by atoms with E-state index < -0.39 is 0 Å². The lowest BCUT2D eigenvalue weighted by atomic mass is 10.1. The molecule has 1 aromatic rings. The number of nitrogens with one attached hydrogen (secondary N) is 1. The molecule has 0 heterocycles. The van der Waals surface area contributed by atoms with Gasteiger partial charge < -0.3 is 10.2 Å². The number of benzene rings is 1. The van der Waals surface area contributed by atoms with Crippen LogP contribution < -0.4 is 10.2 Å². The third kappa shape index (κ3) is 5.98. The van der Waals surface area contributed by atoms with Crippen LogP contribution in [0.3, 0.4) is 0 Å². The highest BCUT2D eigenvalue weighted by Crippen LogP contribution is 2.18. The minimum absolute atomic E-state index is 0.0113. The lowest BCUT2D eigenvalue weighted by Gasteiger charge is -2.22. The Balaban J connectivity index is 2.62. The van der Waals surface area contributed by atoms with Gasteiger partial charge in [0.15, 0.2) is 0 Å². The van der Waals surface area contributed by atoms with E-state index in [4.69, 9.17) is 0 Å². The van der Waals surface area contributed by atoms with Crippen LogP contribution in [0.4, 0.5) is 5.69 Å². The summed E-state index contributed by atoms with van der Waals surface area (Å²) in [6.45, 7) is 8.62. The number of hydrogen-bond acceptors (Lipinski definition) is 2. The Morgan fingerprint density at radius 2 is 1.76 bits per heavy atom. The van der Waals surface area contributed by atoms with Crippen LogP contribution in [0.2, 0.25) is 0 Å². The molecule has 0 atom stereocenters. The highest BCUT2D eigenvalue weighted by atomic mass is 16.2. The van der Waals surface area contributed by atoms with E-state index in [1.807, 2.05) is 26.0 Å². The molecule has 0 bridgehead atoms. The Morgan fingerprint density at radius 3 is 2.29 bits per heavy atom. The van der Waals surface area contributed by atoms with Crippen LogP contribution in [-0.2, 0) is 9.59 Å². The van der Waals surface area contributed by atoms with Crippen molar-refractivity contribution in [2.75, 3.05) is 18.0 Å². The van der Waals surface area contributed by atoms with Crippen LogP contribution in [0, 0.1) is 13.8 Å². The minimum atomic E-state index is -0.0113. The summed E-state index contributed by atoms with van der Waals surface area (Å²) < 4.78 is 0. The molecule has 0 saturated carbocycles. The van der Waals surface area contributed by atoms with Crippen molar-refractivity contribution >= 4 is 17.5 Å². The first kappa shape index (κ1) is 17.2. The van der Waals surface area contributed by atoms with Crippen molar-refractivity contribution < 1.29 is 9.59 Å². The van der Waals surface area contributed by atoms with Gasteiger partial charge in [-0.25, -0.2) is 0 Å². The number of carbonyl (C=O) groups is 2. The van der Waals surface area contributed by atoms with Gasteiger partial charge in [-0.05, 0) is 43.5 Å². The number of anilines is 1. The predicted octanol–water partition coefficient (Wildman–Crippen LogP) is 2.96. The fourth-order valence-corrected chi connectivity index (χ4v) is 2.31. The number of nitrogens with zero attached hydrogens (tertiary/aromatic N) is 1. The summed E-state index contributed by atoms with van der Waals surface area (Å²) in [5.41, 5.74) is 3.15. The van der Waals surface area contributed by atoms with Crippen molar-refractivity contribution in [2.45, 2.75) is 47.0 Å². The fraction of sp³-hybridized carbons (Fsp3) is 0.529. The zero-order valence-corrected chi connectivity index (χ0v) is 13.5. The van der Waals surface area contributed by atoms with Crippen LogP contribution in [0.1, 0.15) is 44.2 Å². The molecule has 0 aliphatic heterocycles.